The zero-order valence-electron chi connectivity index (χ0n) is 11.3. The van der Waals surface area contributed by atoms with Crippen LogP contribution in [0.2, 0.25) is 0 Å². The fourth-order valence-electron chi connectivity index (χ4n) is 2.24. The molecule has 0 saturated heterocycles. The molecule has 0 radical (unpaired) electrons. The number of hydrogen-bond donors (Lipinski definition) is 0. The summed E-state index contributed by atoms with van der Waals surface area (Å²) in [5.41, 5.74) is 4.47. The van der Waals surface area contributed by atoms with Gasteiger partial charge in [0.1, 0.15) is 0 Å². The van der Waals surface area contributed by atoms with Crippen LogP contribution >= 0.6 is 11.6 Å². The van der Waals surface area contributed by atoms with Crippen molar-refractivity contribution < 1.29 is 4.42 Å². The van der Waals surface area contributed by atoms with Crippen molar-refractivity contribution in [2.24, 2.45) is 7.05 Å². The predicted molar refractivity (Wildman–Crippen MR) is 80.3 cm³/mol. The lowest BCUT2D eigenvalue weighted by molar-refractivity contribution is 0.528. The Morgan fingerprint density at radius 1 is 1.10 bits per heavy atom. The zero-order chi connectivity index (χ0) is 14.3. The minimum atomic E-state index is -0.362. The van der Waals surface area contributed by atoms with Crippen LogP contribution in [0.1, 0.15) is 22.1 Å². The van der Waals surface area contributed by atoms with Gasteiger partial charge in [0, 0.05) is 7.05 Å². The van der Waals surface area contributed by atoms with Gasteiger partial charge >= 0.3 is 5.76 Å². The number of fused-ring (bicyclic) bond motifs is 1. The third-order valence-corrected chi connectivity index (χ3v) is 3.98. The van der Waals surface area contributed by atoms with Gasteiger partial charge in [0.15, 0.2) is 5.58 Å². The molecule has 1 heterocycles. The predicted octanol–water partition coefficient (Wildman–Crippen LogP) is 3.77. The SMILES string of the molecule is Cc1ccc(C(Cl)c2ccc3c(c2)oc(=O)n3C)cc1. The molecule has 102 valence electrons. The van der Waals surface area contributed by atoms with E-state index in [1.165, 1.54) is 10.1 Å². The molecule has 1 unspecified atom stereocenters. The van der Waals surface area contributed by atoms with Gasteiger partial charge in [-0.2, -0.15) is 0 Å². The van der Waals surface area contributed by atoms with Crippen LogP contribution in [0, 0.1) is 6.92 Å². The Bertz CT molecular complexity index is 815. The number of nitrogens with zero attached hydrogens (tertiary/aromatic N) is 1. The van der Waals surface area contributed by atoms with Gasteiger partial charge in [0.2, 0.25) is 0 Å². The Morgan fingerprint density at radius 3 is 2.45 bits per heavy atom. The van der Waals surface area contributed by atoms with Gasteiger partial charge in [-0.15, -0.1) is 11.6 Å². The van der Waals surface area contributed by atoms with Crippen molar-refractivity contribution in [3.05, 3.63) is 69.7 Å². The second kappa shape index (κ2) is 4.84. The molecular formula is C16H14ClNO2. The molecule has 3 rings (SSSR count). The molecule has 0 N–H and O–H groups in total. The normalized spacial score (nSPS) is 12.8. The molecule has 0 amide bonds. The fraction of sp³-hybridized carbons (Fsp3) is 0.188. The van der Waals surface area contributed by atoms with Gasteiger partial charge < -0.3 is 4.42 Å². The summed E-state index contributed by atoms with van der Waals surface area (Å²) >= 11 is 6.50. The van der Waals surface area contributed by atoms with Gasteiger partial charge in [-0.05, 0) is 30.2 Å². The number of rotatable bonds is 2. The largest absolute Gasteiger partial charge is 0.419 e. The first-order valence-electron chi connectivity index (χ1n) is 6.36. The molecule has 3 nitrogen and oxygen atoms in total. The standard InChI is InChI=1S/C16H14ClNO2/c1-10-3-5-11(6-4-10)15(17)12-7-8-13-14(9-12)20-16(19)18(13)2/h3-9,15H,1-2H3. The van der Waals surface area contributed by atoms with Gasteiger partial charge in [0.05, 0.1) is 10.9 Å². The summed E-state index contributed by atoms with van der Waals surface area (Å²) in [6.45, 7) is 2.04. The maximum Gasteiger partial charge on any atom is 0.419 e. The van der Waals surface area contributed by atoms with Crippen LogP contribution in [0.3, 0.4) is 0 Å². The average Bonchev–Trinajstić information content (AvgIpc) is 2.74. The van der Waals surface area contributed by atoms with Crippen LogP contribution in [0.5, 0.6) is 0 Å². The molecule has 1 atom stereocenters. The summed E-state index contributed by atoms with van der Waals surface area (Å²) in [5, 5.41) is -0.259. The molecule has 0 spiro atoms. The second-order valence-electron chi connectivity index (χ2n) is 4.93. The van der Waals surface area contributed by atoms with Crippen LogP contribution in [0.15, 0.2) is 51.7 Å². The van der Waals surface area contributed by atoms with Gasteiger partial charge in [-0.25, -0.2) is 4.79 Å². The highest BCUT2D eigenvalue weighted by Gasteiger charge is 2.13. The summed E-state index contributed by atoms with van der Waals surface area (Å²) in [6.07, 6.45) is 0. The molecule has 0 aliphatic carbocycles. The maximum atomic E-state index is 11.5. The number of halogens is 1. The minimum absolute atomic E-state index is 0.259. The van der Waals surface area contributed by atoms with E-state index in [2.05, 4.69) is 0 Å². The van der Waals surface area contributed by atoms with E-state index in [9.17, 15) is 4.79 Å². The first-order chi connectivity index (χ1) is 9.56. The van der Waals surface area contributed by atoms with E-state index < -0.39 is 0 Å². The molecule has 20 heavy (non-hydrogen) atoms. The van der Waals surface area contributed by atoms with Crippen molar-refractivity contribution >= 4 is 22.7 Å². The molecule has 0 bridgehead atoms. The Labute approximate surface area is 121 Å². The molecule has 0 fully saturated rings. The first-order valence-corrected chi connectivity index (χ1v) is 6.80. The fourth-order valence-corrected chi connectivity index (χ4v) is 2.52. The molecule has 0 aliphatic rings. The van der Waals surface area contributed by atoms with Gasteiger partial charge in [0.25, 0.3) is 0 Å². The topological polar surface area (TPSA) is 35.1 Å². The Kier molecular flexibility index (Phi) is 3.14. The number of oxazole rings is 1. The lowest BCUT2D eigenvalue weighted by atomic mass is 10.0. The highest BCUT2D eigenvalue weighted by molar-refractivity contribution is 6.22. The first kappa shape index (κ1) is 13.0. The van der Waals surface area contributed by atoms with Crippen LogP contribution < -0.4 is 5.76 Å². The summed E-state index contributed by atoms with van der Waals surface area (Å²) in [5.74, 6) is -0.362. The van der Waals surface area contributed by atoms with E-state index in [1.807, 2.05) is 49.4 Å². The van der Waals surface area contributed by atoms with Crippen molar-refractivity contribution in [3.63, 3.8) is 0 Å². The number of hydrogen-bond acceptors (Lipinski definition) is 2. The third kappa shape index (κ3) is 2.14. The molecule has 1 aromatic heterocycles. The van der Waals surface area contributed by atoms with Gasteiger partial charge in [-0.3, -0.25) is 4.57 Å². The van der Waals surface area contributed by atoms with E-state index in [-0.39, 0.29) is 11.1 Å². The van der Waals surface area contributed by atoms with Crippen molar-refractivity contribution in [2.45, 2.75) is 12.3 Å². The van der Waals surface area contributed by atoms with E-state index in [0.29, 0.717) is 5.58 Å². The van der Waals surface area contributed by atoms with Crippen molar-refractivity contribution in [2.75, 3.05) is 0 Å². The zero-order valence-corrected chi connectivity index (χ0v) is 12.0. The van der Waals surface area contributed by atoms with E-state index >= 15 is 0 Å². The van der Waals surface area contributed by atoms with Crippen LogP contribution in [0.4, 0.5) is 0 Å². The van der Waals surface area contributed by atoms with Crippen molar-refractivity contribution in [1.82, 2.24) is 4.57 Å². The minimum Gasteiger partial charge on any atom is -0.408 e. The molecule has 4 heteroatoms. The Morgan fingerprint density at radius 2 is 1.75 bits per heavy atom. The molecule has 0 aliphatic heterocycles. The third-order valence-electron chi connectivity index (χ3n) is 3.48. The van der Waals surface area contributed by atoms with E-state index in [1.54, 1.807) is 7.05 Å². The lowest BCUT2D eigenvalue weighted by Crippen LogP contribution is -2.08. The Balaban J connectivity index is 2.05. The average molecular weight is 288 g/mol. The Hall–Kier alpha value is -2.00. The van der Waals surface area contributed by atoms with Crippen LogP contribution in [-0.4, -0.2) is 4.57 Å². The highest BCUT2D eigenvalue weighted by atomic mass is 35.5. The van der Waals surface area contributed by atoms with Gasteiger partial charge in [-0.1, -0.05) is 35.9 Å². The smallest absolute Gasteiger partial charge is 0.408 e. The van der Waals surface area contributed by atoms with E-state index in [4.69, 9.17) is 16.0 Å². The maximum absolute atomic E-state index is 11.5. The number of alkyl halides is 1. The van der Waals surface area contributed by atoms with Crippen molar-refractivity contribution in [1.29, 1.82) is 0 Å². The summed E-state index contributed by atoms with van der Waals surface area (Å²) in [4.78, 5) is 11.5. The molecule has 3 aromatic rings. The monoisotopic (exact) mass is 287 g/mol. The van der Waals surface area contributed by atoms with Crippen molar-refractivity contribution in [3.8, 4) is 0 Å². The summed E-state index contributed by atoms with van der Waals surface area (Å²) in [6, 6.07) is 13.7. The summed E-state index contributed by atoms with van der Waals surface area (Å²) < 4.78 is 6.67. The number of benzene rings is 2. The second-order valence-corrected chi connectivity index (χ2v) is 5.36. The van der Waals surface area contributed by atoms with E-state index in [0.717, 1.165) is 16.6 Å². The quantitative estimate of drug-likeness (QED) is 0.673. The van der Waals surface area contributed by atoms with Crippen LogP contribution in [0.25, 0.3) is 11.1 Å². The number of aromatic nitrogens is 1. The molecular weight excluding hydrogens is 274 g/mol. The lowest BCUT2D eigenvalue weighted by Gasteiger charge is -2.10. The summed E-state index contributed by atoms with van der Waals surface area (Å²) in [7, 11) is 1.69. The number of aryl methyl sites for hydroxylation is 2. The molecule has 0 saturated carbocycles. The van der Waals surface area contributed by atoms with Crippen LogP contribution in [-0.2, 0) is 7.05 Å². The highest BCUT2D eigenvalue weighted by Crippen LogP contribution is 2.30. The molecule has 2 aromatic carbocycles.